The molecule has 0 aliphatic rings. The van der Waals surface area contributed by atoms with Crippen LogP contribution >= 0.6 is 0 Å². The van der Waals surface area contributed by atoms with Crippen molar-refractivity contribution in [2.75, 3.05) is 5.73 Å². The molecule has 0 bridgehead atoms. The molecule has 0 fully saturated rings. The molecule has 2 aromatic carbocycles. The number of nitrogens with two attached hydrogens (primary N) is 1. The molecule has 3 aromatic rings. The molecule has 3 rings (SSSR count). The summed E-state index contributed by atoms with van der Waals surface area (Å²) in [5.74, 6) is 0.721. The summed E-state index contributed by atoms with van der Waals surface area (Å²) in [6.45, 7) is 2.84. The number of aromatic nitrogens is 3. The zero-order valence-corrected chi connectivity index (χ0v) is 11.3. The molecule has 0 amide bonds. The summed E-state index contributed by atoms with van der Waals surface area (Å²) in [5, 5.41) is 4.51. The number of hydrogen-bond acceptors (Lipinski definition) is 3. The van der Waals surface area contributed by atoms with Crippen molar-refractivity contribution in [2.45, 2.75) is 13.5 Å². The Morgan fingerprint density at radius 2 is 1.80 bits per heavy atom. The topological polar surface area (TPSA) is 56.7 Å². The van der Waals surface area contributed by atoms with E-state index in [0.717, 1.165) is 23.6 Å². The van der Waals surface area contributed by atoms with Crippen molar-refractivity contribution in [1.82, 2.24) is 14.8 Å². The average Bonchev–Trinajstić information content (AvgIpc) is 2.91. The second-order valence-corrected chi connectivity index (χ2v) is 4.81. The Kier molecular flexibility index (Phi) is 3.21. The molecule has 4 nitrogen and oxygen atoms in total. The smallest absolute Gasteiger partial charge is 0.181 e. The molecule has 0 atom stereocenters. The summed E-state index contributed by atoms with van der Waals surface area (Å²) in [5.41, 5.74) is 9.91. The third kappa shape index (κ3) is 2.54. The minimum atomic E-state index is 0.721. The van der Waals surface area contributed by atoms with Crippen LogP contribution in [0.5, 0.6) is 0 Å². The van der Waals surface area contributed by atoms with E-state index < -0.39 is 0 Å². The third-order valence-electron chi connectivity index (χ3n) is 3.30. The number of hydrogen-bond donors (Lipinski definition) is 1. The van der Waals surface area contributed by atoms with Crippen LogP contribution in [0.3, 0.4) is 0 Å². The molecule has 0 aliphatic carbocycles. The van der Waals surface area contributed by atoms with Crippen molar-refractivity contribution in [1.29, 1.82) is 0 Å². The van der Waals surface area contributed by atoms with E-state index in [9.17, 15) is 0 Å². The van der Waals surface area contributed by atoms with Gasteiger partial charge < -0.3 is 5.73 Å². The molecule has 20 heavy (non-hydrogen) atoms. The van der Waals surface area contributed by atoms with Crippen LogP contribution in [0.15, 0.2) is 54.9 Å². The van der Waals surface area contributed by atoms with Gasteiger partial charge >= 0.3 is 0 Å². The highest BCUT2D eigenvalue weighted by molar-refractivity contribution is 5.57. The molecule has 0 aliphatic heterocycles. The van der Waals surface area contributed by atoms with E-state index in [1.165, 1.54) is 11.1 Å². The Labute approximate surface area is 117 Å². The third-order valence-corrected chi connectivity index (χ3v) is 3.30. The lowest BCUT2D eigenvalue weighted by molar-refractivity contribution is 0.684. The summed E-state index contributed by atoms with van der Waals surface area (Å²) in [4.78, 5) is 4.35. The number of benzene rings is 2. The zero-order chi connectivity index (χ0) is 13.9. The SMILES string of the molecule is Cc1ccccc1Cn1cnc(-c2ccc(N)cc2)n1. The first-order valence-corrected chi connectivity index (χ1v) is 6.52. The zero-order valence-electron chi connectivity index (χ0n) is 11.3. The van der Waals surface area contributed by atoms with Gasteiger partial charge in [-0.2, -0.15) is 5.10 Å². The first-order chi connectivity index (χ1) is 9.72. The lowest BCUT2D eigenvalue weighted by Crippen LogP contribution is -2.02. The van der Waals surface area contributed by atoms with Crippen molar-refractivity contribution in [2.24, 2.45) is 0 Å². The van der Waals surface area contributed by atoms with Crippen LogP contribution in [0.25, 0.3) is 11.4 Å². The van der Waals surface area contributed by atoms with Crippen molar-refractivity contribution in [3.63, 3.8) is 0 Å². The molecule has 2 N–H and O–H groups in total. The van der Waals surface area contributed by atoms with Crippen LogP contribution in [0.1, 0.15) is 11.1 Å². The first-order valence-electron chi connectivity index (χ1n) is 6.52. The van der Waals surface area contributed by atoms with Crippen LogP contribution < -0.4 is 5.73 Å². The van der Waals surface area contributed by atoms with Crippen LogP contribution in [0, 0.1) is 6.92 Å². The Hall–Kier alpha value is -2.62. The summed E-state index contributed by atoms with van der Waals surface area (Å²) in [7, 11) is 0. The van der Waals surface area contributed by atoms with Gasteiger partial charge in [0.25, 0.3) is 0 Å². The van der Waals surface area contributed by atoms with E-state index in [1.54, 1.807) is 6.33 Å². The van der Waals surface area contributed by atoms with Crippen molar-refractivity contribution in [3.05, 3.63) is 66.0 Å². The number of nitrogens with zero attached hydrogens (tertiary/aromatic N) is 3. The highest BCUT2D eigenvalue weighted by Crippen LogP contribution is 2.16. The van der Waals surface area contributed by atoms with Crippen LogP contribution in [0.4, 0.5) is 5.69 Å². The maximum atomic E-state index is 5.68. The fourth-order valence-electron chi connectivity index (χ4n) is 2.10. The van der Waals surface area contributed by atoms with Gasteiger partial charge in [-0.25, -0.2) is 9.67 Å². The highest BCUT2D eigenvalue weighted by Gasteiger charge is 2.05. The number of nitrogen functional groups attached to an aromatic ring is 1. The van der Waals surface area contributed by atoms with E-state index in [0.29, 0.717) is 0 Å². The molecule has 0 radical (unpaired) electrons. The lowest BCUT2D eigenvalue weighted by Gasteiger charge is -2.04. The minimum Gasteiger partial charge on any atom is -0.399 e. The van der Waals surface area contributed by atoms with Crippen molar-refractivity contribution < 1.29 is 0 Å². The Balaban J connectivity index is 1.84. The Morgan fingerprint density at radius 1 is 1.05 bits per heavy atom. The second-order valence-electron chi connectivity index (χ2n) is 4.81. The molecular formula is C16H16N4. The minimum absolute atomic E-state index is 0.721. The standard InChI is InChI=1S/C16H16N4/c1-12-4-2-3-5-14(12)10-20-11-18-16(19-20)13-6-8-15(17)9-7-13/h2-9,11H,10,17H2,1H3. The Bertz CT molecular complexity index is 713. The Morgan fingerprint density at radius 3 is 2.55 bits per heavy atom. The van der Waals surface area contributed by atoms with Crippen LogP contribution in [0.2, 0.25) is 0 Å². The second kappa shape index (κ2) is 5.17. The summed E-state index contributed by atoms with van der Waals surface area (Å²) >= 11 is 0. The van der Waals surface area contributed by atoms with Gasteiger partial charge in [0.05, 0.1) is 6.54 Å². The predicted molar refractivity (Wildman–Crippen MR) is 80.2 cm³/mol. The predicted octanol–water partition coefficient (Wildman–Crippen LogP) is 2.88. The van der Waals surface area contributed by atoms with Gasteiger partial charge in [0.2, 0.25) is 0 Å². The molecule has 0 saturated heterocycles. The van der Waals surface area contributed by atoms with Crippen molar-refractivity contribution >= 4 is 5.69 Å². The molecule has 1 aromatic heterocycles. The number of aryl methyl sites for hydroxylation is 1. The maximum absolute atomic E-state index is 5.68. The van der Waals surface area contributed by atoms with Crippen LogP contribution in [-0.2, 0) is 6.54 Å². The molecule has 0 unspecified atom stereocenters. The maximum Gasteiger partial charge on any atom is 0.181 e. The van der Waals surface area contributed by atoms with E-state index in [4.69, 9.17) is 5.73 Å². The number of rotatable bonds is 3. The van der Waals surface area contributed by atoms with Gasteiger partial charge in [0.1, 0.15) is 6.33 Å². The van der Waals surface area contributed by atoms with E-state index in [2.05, 4.69) is 29.1 Å². The monoisotopic (exact) mass is 264 g/mol. The largest absolute Gasteiger partial charge is 0.399 e. The average molecular weight is 264 g/mol. The molecule has 1 heterocycles. The fraction of sp³-hybridized carbons (Fsp3) is 0.125. The van der Waals surface area contributed by atoms with Gasteiger partial charge in [0.15, 0.2) is 5.82 Å². The highest BCUT2D eigenvalue weighted by atomic mass is 15.3. The molecule has 100 valence electrons. The molecule has 4 heteroatoms. The van der Waals surface area contributed by atoms with Gasteiger partial charge in [-0.05, 0) is 42.3 Å². The first kappa shape index (κ1) is 12.4. The summed E-state index contributed by atoms with van der Waals surface area (Å²) in [6.07, 6.45) is 1.76. The number of anilines is 1. The van der Waals surface area contributed by atoms with Gasteiger partial charge in [-0.3, -0.25) is 0 Å². The van der Waals surface area contributed by atoms with Gasteiger partial charge in [0, 0.05) is 11.3 Å². The van der Waals surface area contributed by atoms with E-state index >= 15 is 0 Å². The van der Waals surface area contributed by atoms with Gasteiger partial charge in [-0.1, -0.05) is 24.3 Å². The van der Waals surface area contributed by atoms with Crippen molar-refractivity contribution in [3.8, 4) is 11.4 Å². The van der Waals surface area contributed by atoms with Gasteiger partial charge in [-0.15, -0.1) is 0 Å². The molecule has 0 spiro atoms. The fourth-order valence-corrected chi connectivity index (χ4v) is 2.10. The normalized spacial score (nSPS) is 10.7. The molecular weight excluding hydrogens is 248 g/mol. The molecule has 0 saturated carbocycles. The lowest BCUT2D eigenvalue weighted by atomic mass is 10.1. The van der Waals surface area contributed by atoms with E-state index in [1.807, 2.05) is 41.1 Å². The summed E-state index contributed by atoms with van der Waals surface area (Å²) in [6, 6.07) is 15.9. The summed E-state index contributed by atoms with van der Waals surface area (Å²) < 4.78 is 1.86. The van der Waals surface area contributed by atoms with E-state index in [-0.39, 0.29) is 0 Å². The quantitative estimate of drug-likeness (QED) is 0.740. The van der Waals surface area contributed by atoms with Crippen LogP contribution in [-0.4, -0.2) is 14.8 Å².